The zero-order valence-electron chi connectivity index (χ0n) is 8.22. The minimum absolute atomic E-state index is 0.00328. The molecule has 0 fully saturated rings. The van der Waals surface area contributed by atoms with E-state index in [-0.39, 0.29) is 18.4 Å². The van der Waals surface area contributed by atoms with Crippen molar-refractivity contribution in [3.05, 3.63) is 29.6 Å². The van der Waals surface area contributed by atoms with Crippen LogP contribution in [0.15, 0.2) is 18.2 Å². The van der Waals surface area contributed by atoms with Crippen LogP contribution in [0, 0.1) is 17.7 Å². The third-order valence-corrected chi connectivity index (χ3v) is 1.70. The Morgan fingerprint density at radius 1 is 1.47 bits per heavy atom. The van der Waals surface area contributed by atoms with Crippen LogP contribution in [0.2, 0.25) is 0 Å². The normalized spacial score (nSPS) is 9.27. The van der Waals surface area contributed by atoms with E-state index < -0.39 is 5.82 Å². The van der Waals surface area contributed by atoms with Crippen LogP contribution in [0.3, 0.4) is 0 Å². The van der Waals surface area contributed by atoms with Gasteiger partial charge in [-0.2, -0.15) is 0 Å². The van der Waals surface area contributed by atoms with Crippen LogP contribution in [0.5, 0.6) is 5.75 Å². The number of hydrogen-bond donors (Lipinski definition) is 0. The highest BCUT2D eigenvalue weighted by Crippen LogP contribution is 2.18. The summed E-state index contributed by atoms with van der Waals surface area (Å²) in [6.07, 6.45) is 0. The van der Waals surface area contributed by atoms with Gasteiger partial charge in [-0.25, -0.2) is 4.39 Å². The molecule has 0 radical (unpaired) electrons. The van der Waals surface area contributed by atoms with Crippen LogP contribution in [0.25, 0.3) is 0 Å². The number of hydrogen-bond acceptors (Lipinski definition) is 2. The van der Waals surface area contributed by atoms with Gasteiger partial charge in [-0.1, -0.05) is 11.8 Å². The number of methoxy groups -OCH3 is 1. The molecule has 0 heterocycles. The van der Waals surface area contributed by atoms with Gasteiger partial charge in [0, 0.05) is 12.7 Å². The van der Waals surface area contributed by atoms with Crippen LogP contribution >= 0.6 is 11.6 Å². The van der Waals surface area contributed by atoms with Crippen LogP contribution in [-0.4, -0.2) is 19.8 Å². The summed E-state index contributed by atoms with van der Waals surface area (Å²) in [6, 6.07) is 4.37. The molecule has 1 aromatic rings. The molecule has 0 aliphatic carbocycles. The van der Waals surface area contributed by atoms with E-state index in [9.17, 15) is 4.39 Å². The zero-order chi connectivity index (χ0) is 11.1. The third-order valence-electron chi connectivity index (χ3n) is 1.56. The lowest BCUT2D eigenvalue weighted by Crippen LogP contribution is -2.00. The molecule has 0 aliphatic heterocycles. The van der Waals surface area contributed by atoms with Gasteiger partial charge in [-0.15, -0.1) is 11.6 Å². The van der Waals surface area contributed by atoms with Crippen molar-refractivity contribution >= 4 is 11.6 Å². The predicted molar refractivity (Wildman–Crippen MR) is 56.5 cm³/mol. The van der Waals surface area contributed by atoms with Crippen molar-refractivity contribution in [1.82, 2.24) is 0 Å². The standard InChI is InChI=1S/C11H10ClFO2/c1-14-8-15-11-7-9(3-2-6-12)4-5-10(11)13/h4-5,7H,6,8H2,1H3. The van der Waals surface area contributed by atoms with Gasteiger partial charge >= 0.3 is 0 Å². The lowest BCUT2D eigenvalue weighted by Gasteiger charge is -2.05. The van der Waals surface area contributed by atoms with E-state index >= 15 is 0 Å². The van der Waals surface area contributed by atoms with Crippen molar-refractivity contribution in [3.63, 3.8) is 0 Å². The van der Waals surface area contributed by atoms with Crippen LogP contribution in [-0.2, 0) is 4.74 Å². The summed E-state index contributed by atoms with van der Waals surface area (Å²) in [6.45, 7) is 0.00328. The van der Waals surface area contributed by atoms with E-state index in [0.29, 0.717) is 5.56 Å². The Kier molecular flexibility index (Phi) is 4.96. The highest BCUT2D eigenvalue weighted by atomic mass is 35.5. The fourth-order valence-corrected chi connectivity index (χ4v) is 1.02. The molecule has 0 saturated heterocycles. The van der Waals surface area contributed by atoms with Crippen molar-refractivity contribution in [2.45, 2.75) is 0 Å². The van der Waals surface area contributed by atoms with Gasteiger partial charge in [0.1, 0.15) is 0 Å². The summed E-state index contributed by atoms with van der Waals surface area (Å²) in [5.41, 5.74) is 0.656. The molecule has 1 rings (SSSR count). The van der Waals surface area contributed by atoms with E-state index in [1.165, 1.54) is 19.2 Å². The number of rotatable bonds is 3. The van der Waals surface area contributed by atoms with Gasteiger partial charge < -0.3 is 9.47 Å². The van der Waals surface area contributed by atoms with E-state index in [0.717, 1.165) is 0 Å². The van der Waals surface area contributed by atoms with Crippen LogP contribution in [0.4, 0.5) is 4.39 Å². The molecule has 0 atom stereocenters. The Labute approximate surface area is 93.0 Å². The minimum Gasteiger partial charge on any atom is -0.464 e. The van der Waals surface area contributed by atoms with Crippen molar-refractivity contribution in [1.29, 1.82) is 0 Å². The summed E-state index contributed by atoms with van der Waals surface area (Å²) in [5, 5.41) is 0. The average molecular weight is 229 g/mol. The SMILES string of the molecule is COCOc1cc(C#CCCl)ccc1F. The molecule has 2 nitrogen and oxygen atoms in total. The number of ether oxygens (including phenoxy) is 2. The third kappa shape index (κ3) is 3.78. The Morgan fingerprint density at radius 2 is 2.27 bits per heavy atom. The molecule has 1 aromatic carbocycles. The molecule has 0 bridgehead atoms. The van der Waals surface area contributed by atoms with E-state index in [1.54, 1.807) is 6.07 Å². The van der Waals surface area contributed by atoms with Crippen molar-refractivity contribution in [3.8, 4) is 17.6 Å². The van der Waals surface area contributed by atoms with Gasteiger partial charge in [0.2, 0.25) is 0 Å². The first-order chi connectivity index (χ1) is 7.27. The molecule has 0 spiro atoms. The summed E-state index contributed by atoms with van der Waals surface area (Å²) >= 11 is 5.41. The quantitative estimate of drug-likeness (QED) is 0.449. The van der Waals surface area contributed by atoms with Crippen molar-refractivity contribution in [2.75, 3.05) is 19.8 Å². The summed E-state index contributed by atoms with van der Waals surface area (Å²) in [5.74, 6) is 5.37. The Hall–Kier alpha value is -1.24. The van der Waals surface area contributed by atoms with Crippen molar-refractivity contribution in [2.24, 2.45) is 0 Å². The highest BCUT2D eigenvalue weighted by Gasteiger charge is 2.03. The smallest absolute Gasteiger partial charge is 0.188 e. The van der Waals surface area contributed by atoms with Crippen molar-refractivity contribution < 1.29 is 13.9 Å². The molecule has 80 valence electrons. The molecular formula is C11H10ClFO2. The second kappa shape index (κ2) is 6.28. The molecule has 0 aliphatic rings. The van der Waals surface area contributed by atoms with E-state index in [1.807, 2.05) is 0 Å². The second-order valence-electron chi connectivity index (χ2n) is 2.63. The molecule has 0 aromatic heterocycles. The van der Waals surface area contributed by atoms with E-state index in [4.69, 9.17) is 16.3 Å². The topological polar surface area (TPSA) is 18.5 Å². The fourth-order valence-electron chi connectivity index (χ4n) is 0.950. The highest BCUT2D eigenvalue weighted by molar-refractivity contribution is 6.19. The fraction of sp³-hybridized carbons (Fsp3) is 0.273. The van der Waals surface area contributed by atoms with Gasteiger partial charge in [0.05, 0.1) is 5.88 Å². The van der Waals surface area contributed by atoms with E-state index in [2.05, 4.69) is 16.6 Å². The zero-order valence-corrected chi connectivity index (χ0v) is 8.97. The molecule has 4 heteroatoms. The molecule has 0 saturated carbocycles. The molecule has 15 heavy (non-hydrogen) atoms. The lowest BCUT2D eigenvalue weighted by atomic mass is 10.2. The lowest BCUT2D eigenvalue weighted by molar-refractivity contribution is 0.0483. The summed E-state index contributed by atoms with van der Waals surface area (Å²) in [4.78, 5) is 0. The van der Waals surface area contributed by atoms with Gasteiger partial charge in [-0.3, -0.25) is 0 Å². The average Bonchev–Trinajstić information content (AvgIpc) is 2.26. The number of benzene rings is 1. The summed E-state index contributed by atoms with van der Waals surface area (Å²) in [7, 11) is 1.47. The number of alkyl halides is 1. The maximum Gasteiger partial charge on any atom is 0.188 e. The second-order valence-corrected chi connectivity index (χ2v) is 2.90. The Bertz CT molecular complexity index is 382. The number of halogens is 2. The maximum absolute atomic E-state index is 13.2. The van der Waals surface area contributed by atoms with Crippen LogP contribution < -0.4 is 4.74 Å². The molecule has 0 N–H and O–H groups in total. The monoisotopic (exact) mass is 228 g/mol. The van der Waals surface area contributed by atoms with Crippen LogP contribution in [0.1, 0.15) is 5.56 Å². The Morgan fingerprint density at radius 3 is 2.93 bits per heavy atom. The maximum atomic E-state index is 13.2. The molecular weight excluding hydrogens is 219 g/mol. The minimum atomic E-state index is -0.441. The summed E-state index contributed by atoms with van der Waals surface area (Å²) < 4.78 is 22.8. The Balaban J connectivity index is 2.84. The van der Waals surface area contributed by atoms with Gasteiger partial charge in [0.25, 0.3) is 0 Å². The first-order valence-corrected chi connectivity index (χ1v) is 4.77. The first-order valence-electron chi connectivity index (χ1n) is 4.24. The predicted octanol–water partition coefficient (Wildman–Crippen LogP) is 2.40. The van der Waals surface area contributed by atoms with Gasteiger partial charge in [0.15, 0.2) is 18.4 Å². The largest absolute Gasteiger partial charge is 0.464 e. The molecule has 0 unspecified atom stereocenters. The van der Waals surface area contributed by atoms with Gasteiger partial charge in [-0.05, 0) is 18.2 Å². The molecule has 0 amide bonds. The first kappa shape index (κ1) is 11.8.